The van der Waals surface area contributed by atoms with Crippen molar-refractivity contribution in [3.63, 3.8) is 0 Å². The van der Waals surface area contributed by atoms with Crippen molar-refractivity contribution in [1.29, 1.82) is 0 Å². The minimum absolute atomic E-state index is 0.0412. The summed E-state index contributed by atoms with van der Waals surface area (Å²) in [6, 6.07) is 8.02. The predicted molar refractivity (Wildman–Crippen MR) is 220 cm³/mol. The van der Waals surface area contributed by atoms with E-state index in [0.717, 1.165) is 55.5 Å². The first kappa shape index (κ1) is 41.6. The summed E-state index contributed by atoms with van der Waals surface area (Å²) in [6.45, 7) is 12.0. The van der Waals surface area contributed by atoms with Crippen LogP contribution in [0.15, 0.2) is 36.4 Å². The molecule has 5 rings (SSSR count). The molecule has 2 atom stereocenters. The van der Waals surface area contributed by atoms with E-state index < -0.39 is 10.8 Å². The van der Waals surface area contributed by atoms with Crippen LogP contribution in [0.25, 0.3) is 33.2 Å². The molecule has 8 bridgehead atoms. The molecule has 5 heterocycles. The number of hydrogen-bond acceptors (Lipinski definition) is 8. The Bertz CT molecular complexity index is 2310. The Morgan fingerprint density at radius 3 is 1.43 bits per heavy atom. The second kappa shape index (κ2) is 16.3. The van der Waals surface area contributed by atoms with Crippen molar-refractivity contribution in [2.45, 2.75) is 90.9 Å². The molecule has 0 radical (unpaired) electrons. The number of methoxy groups -OCH3 is 2. The van der Waals surface area contributed by atoms with E-state index in [1.165, 1.54) is 14.2 Å². The van der Waals surface area contributed by atoms with Crippen LogP contribution in [0.2, 0.25) is 0 Å². The van der Waals surface area contributed by atoms with Gasteiger partial charge >= 0.3 is 11.9 Å². The lowest BCUT2D eigenvalue weighted by Gasteiger charge is -2.28. The quantitative estimate of drug-likeness (QED) is 0.214. The molecular weight excluding hydrogens is 709 g/mol. The number of aryl methyl sites for hydroxylation is 4. The number of fused-ring (bicyclic) bond motifs is 8. The molecule has 2 N–H and O–H groups in total. The molecule has 2 aliphatic rings. The van der Waals surface area contributed by atoms with Crippen LogP contribution < -0.4 is 0 Å². The number of ether oxygens (including phenoxy) is 2. The smallest absolute Gasteiger partial charge is 0.305 e. The number of aromatic amines is 2. The zero-order valence-corrected chi connectivity index (χ0v) is 34.9. The van der Waals surface area contributed by atoms with Crippen LogP contribution in [0, 0.1) is 13.8 Å². The van der Waals surface area contributed by atoms with Gasteiger partial charge in [0.2, 0.25) is 11.8 Å². The lowest BCUT2D eigenvalue weighted by molar-refractivity contribution is -0.141. The molecule has 0 unspecified atom stereocenters. The number of rotatable bonds is 10. The summed E-state index contributed by atoms with van der Waals surface area (Å²) in [7, 11) is 9.77. The summed E-state index contributed by atoms with van der Waals surface area (Å²) in [4.78, 5) is 72.9. The summed E-state index contributed by atoms with van der Waals surface area (Å²) >= 11 is 0. The van der Waals surface area contributed by atoms with Gasteiger partial charge in [-0.25, -0.2) is 0 Å². The third-order valence-corrected chi connectivity index (χ3v) is 11.6. The van der Waals surface area contributed by atoms with Crippen LogP contribution in [0.5, 0.6) is 0 Å². The topological polar surface area (TPSA) is 151 Å². The molecule has 56 heavy (non-hydrogen) atoms. The van der Waals surface area contributed by atoms with Gasteiger partial charge in [-0.3, -0.25) is 29.1 Å². The lowest BCUT2D eigenvalue weighted by atomic mass is 9.74. The van der Waals surface area contributed by atoms with Gasteiger partial charge in [0.1, 0.15) is 0 Å². The highest BCUT2D eigenvalue weighted by atomic mass is 16.5. The molecule has 298 valence electrons. The third-order valence-electron chi connectivity index (χ3n) is 11.6. The number of allylic oxidation sites excluding steroid dienone is 4. The summed E-state index contributed by atoms with van der Waals surface area (Å²) < 4.78 is 10.0. The second-order valence-electron chi connectivity index (χ2n) is 15.6. The van der Waals surface area contributed by atoms with Crippen molar-refractivity contribution in [3.05, 3.63) is 81.4 Å². The molecule has 2 aliphatic heterocycles. The van der Waals surface area contributed by atoms with Crippen molar-refractivity contribution in [3.8, 4) is 0 Å². The SMILES string of the molecule is C/C=C1\c2cc3[nH]c(cc4[nH]c(cc5nc(cc(n2)[C@@]1(C)CC(=O)N(C)C)/C(=C\C)[C@]5(C)CC(=O)N(C)C)c(C)c4CCC(=O)OC)c(CCC(=O)OC)c3C. The van der Waals surface area contributed by atoms with E-state index >= 15 is 0 Å². The first-order chi connectivity index (χ1) is 26.4. The summed E-state index contributed by atoms with van der Waals surface area (Å²) in [5, 5.41) is 0. The van der Waals surface area contributed by atoms with Gasteiger partial charge in [-0.2, -0.15) is 0 Å². The summed E-state index contributed by atoms with van der Waals surface area (Å²) in [5.41, 5.74) is 9.87. The predicted octanol–water partition coefficient (Wildman–Crippen LogP) is 6.82. The number of carbonyl (C=O) groups excluding carboxylic acids is 4. The number of aromatic nitrogens is 4. The second-order valence-corrected chi connectivity index (χ2v) is 15.6. The number of amides is 2. The minimum Gasteiger partial charge on any atom is -0.469 e. The molecule has 3 aromatic rings. The zero-order chi connectivity index (χ0) is 41.3. The lowest BCUT2D eigenvalue weighted by Crippen LogP contribution is -2.32. The van der Waals surface area contributed by atoms with E-state index in [1.54, 1.807) is 38.0 Å². The fourth-order valence-electron chi connectivity index (χ4n) is 8.04. The van der Waals surface area contributed by atoms with Gasteiger partial charge < -0.3 is 29.2 Å². The Kier molecular flexibility index (Phi) is 12.1. The molecule has 0 fully saturated rings. The molecule has 0 spiro atoms. The number of nitrogens with one attached hydrogen (secondary N) is 2. The highest BCUT2D eigenvalue weighted by Crippen LogP contribution is 2.48. The first-order valence-corrected chi connectivity index (χ1v) is 19.0. The Hall–Kier alpha value is -5.52. The van der Waals surface area contributed by atoms with Crippen LogP contribution in [-0.2, 0) is 52.3 Å². The summed E-state index contributed by atoms with van der Waals surface area (Å²) in [6.07, 6.45) is 5.58. The van der Waals surface area contributed by atoms with Crippen LogP contribution >= 0.6 is 0 Å². The molecular formula is C44H56N6O6. The number of hydrogen-bond donors (Lipinski definition) is 2. The highest BCUT2D eigenvalue weighted by Gasteiger charge is 2.44. The Morgan fingerprint density at radius 2 is 1.04 bits per heavy atom. The van der Waals surface area contributed by atoms with E-state index in [9.17, 15) is 19.2 Å². The van der Waals surface area contributed by atoms with Crippen LogP contribution in [0.1, 0.15) is 98.4 Å². The number of nitrogens with zero attached hydrogens (tertiary/aromatic N) is 4. The Balaban J connectivity index is 1.99. The molecule has 3 aromatic heterocycles. The highest BCUT2D eigenvalue weighted by molar-refractivity contribution is 5.89. The van der Waals surface area contributed by atoms with Crippen molar-refractivity contribution in [2.24, 2.45) is 0 Å². The molecule has 0 saturated carbocycles. The van der Waals surface area contributed by atoms with Gasteiger partial charge in [-0.05, 0) is 112 Å². The van der Waals surface area contributed by atoms with Gasteiger partial charge in [0.05, 0.1) is 37.0 Å². The van der Waals surface area contributed by atoms with Gasteiger partial charge in [-0.1, -0.05) is 12.2 Å². The maximum Gasteiger partial charge on any atom is 0.305 e. The van der Waals surface area contributed by atoms with E-state index in [4.69, 9.17) is 19.4 Å². The first-order valence-electron chi connectivity index (χ1n) is 19.0. The van der Waals surface area contributed by atoms with Crippen molar-refractivity contribution >= 4 is 57.0 Å². The standard InChI is InChI=1S/C44H56N6O6/c1-13-29-35-19-31-25(3)27(15-17-41(53)55-11)33(45-31)20-34-28(16-18-42(54)56-12)26(4)32(46-34)21-37-44(6,24-40(52)50(9)10)30(14-2)36(48-37)22-38(47-35)43(29,5)23-39(51)49(7)8/h13-14,19-22,45-46H,15-18,23-24H2,1-12H3/b29-13+,30-14+,31-19?,32-21?,33-20?,34-20?,35-19?,36-22?,37-21?,38-22?/t43-,44-/m0/s1. The van der Waals surface area contributed by atoms with Crippen molar-refractivity contribution < 1.29 is 28.7 Å². The maximum atomic E-state index is 13.5. The van der Waals surface area contributed by atoms with E-state index in [0.29, 0.717) is 35.6 Å². The molecule has 12 heteroatoms. The number of esters is 2. The average Bonchev–Trinajstić information content (AvgIpc) is 3.78. The fourth-order valence-corrected chi connectivity index (χ4v) is 8.04. The molecule has 0 aromatic carbocycles. The van der Waals surface area contributed by atoms with Crippen LogP contribution in [-0.4, -0.2) is 95.9 Å². The minimum atomic E-state index is -0.813. The van der Waals surface area contributed by atoms with Crippen molar-refractivity contribution in [2.75, 3.05) is 42.4 Å². The molecule has 2 amide bonds. The Labute approximate surface area is 329 Å². The number of carbonyl (C=O) groups is 4. The van der Waals surface area contributed by atoms with Gasteiger partial charge in [0.15, 0.2) is 0 Å². The van der Waals surface area contributed by atoms with Crippen LogP contribution in [0.3, 0.4) is 0 Å². The van der Waals surface area contributed by atoms with E-state index in [1.807, 2.05) is 78.0 Å². The molecule has 12 nitrogen and oxygen atoms in total. The largest absolute Gasteiger partial charge is 0.469 e. The summed E-state index contributed by atoms with van der Waals surface area (Å²) in [5.74, 6) is -0.722. The monoisotopic (exact) mass is 764 g/mol. The third kappa shape index (κ3) is 7.79. The maximum absolute atomic E-state index is 13.5. The van der Waals surface area contributed by atoms with E-state index in [-0.39, 0.29) is 49.4 Å². The van der Waals surface area contributed by atoms with E-state index in [2.05, 4.69) is 9.97 Å². The zero-order valence-electron chi connectivity index (χ0n) is 34.9. The number of H-pyrrole nitrogens is 2. The van der Waals surface area contributed by atoms with Gasteiger partial charge in [-0.15, -0.1) is 0 Å². The van der Waals surface area contributed by atoms with Gasteiger partial charge in [0.25, 0.3) is 0 Å². The average molecular weight is 765 g/mol. The normalized spacial score (nSPS) is 19.3. The van der Waals surface area contributed by atoms with Crippen LogP contribution in [0.4, 0.5) is 0 Å². The van der Waals surface area contributed by atoms with Gasteiger partial charge in [0, 0.05) is 86.8 Å². The Morgan fingerprint density at radius 1 is 0.643 bits per heavy atom. The molecule has 0 aliphatic carbocycles. The van der Waals surface area contributed by atoms with Crippen molar-refractivity contribution in [1.82, 2.24) is 29.7 Å². The fraction of sp³-hybridized carbons (Fsp3) is 0.455. The molecule has 0 saturated heterocycles.